The first kappa shape index (κ1) is 31.8. The van der Waals surface area contributed by atoms with Crippen molar-refractivity contribution in [1.29, 1.82) is 0 Å². The maximum atomic E-state index is 16.4. The number of nitrogens with zero attached hydrogens (tertiary/aromatic N) is 6. The maximum absolute atomic E-state index is 16.4. The van der Waals surface area contributed by atoms with E-state index in [1.165, 1.54) is 40.8 Å². The summed E-state index contributed by atoms with van der Waals surface area (Å²) in [6.45, 7) is 12.2. The van der Waals surface area contributed by atoms with Gasteiger partial charge in [0.1, 0.15) is 17.3 Å². The van der Waals surface area contributed by atoms with Crippen molar-refractivity contribution < 1.29 is 18.4 Å². The summed E-state index contributed by atoms with van der Waals surface area (Å²) in [5.41, 5.74) is 0.877. The summed E-state index contributed by atoms with van der Waals surface area (Å²) in [5.74, 6) is -1.97. The number of benzene rings is 2. The van der Waals surface area contributed by atoms with Gasteiger partial charge in [-0.25, -0.2) is 23.1 Å². The molecular weight excluding hydrogens is 604 g/mol. The fourth-order valence-corrected chi connectivity index (χ4v) is 6.60. The van der Waals surface area contributed by atoms with Gasteiger partial charge in [0.15, 0.2) is 11.5 Å². The molecule has 0 saturated carbocycles. The molecule has 2 amide bonds. The van der Waals surface area contributed by atoms with Crippen LogP contribution in [0, 0.1) is 11.6 Å². The lowest BCUT2D eigenvalue weighted by Crippen LogP contribution is -2.58. The first-order valence-corrected chi connectivity index (χ1v) is 15.7. The number of aromatic nitrogens is 3. The second kappa shape index (κ2) is 12.2. The van der Waals surface area contributed by atoms with E-state index in [0.717, 1.165) is 5.56 Å². The second-order valence-electron chi connectivity index (χ2n) is 12.5. The highest BCUT2D eigenvalue weighted by atomic mass is 19.1. The van der Waals surface area contributed by atoms with Crippen LogP contribution >= 0.6 is 0 Å². The van der Waals surface area contributed by atoms with E-state index in [-0.39, 0.29) is 76.6 Å². The molecule has 6 rings (SSSR count). The Morgan fingerprint density at radius 3 is 2.51 bits per heavy atom. The van der Waals surface area contributed by atoms with E-state index < -0.39 is 17.3 Å². The molecule has 244 valence electrons. The van der Waals surface area contributed by atoms with Gasteiger partial charge in [-0.1, -0.05) is 38.6 Å². The van der Waals surface area contributed by atoms with Gasteiger partial charge in [-0.3, -0.25) is 9.59 Å². The Labute approximate surface area is 271 Å². The molecule has 2 bridgehead atoms. The lowest BCUT2D eigenvalue weighted by molar-refractivity contribution is -0.128. The molecule has 4 aromatic rings. The van der Waals surface area contributed by atoms with E-state index in [4.69, 9.17) is 4.98 Å². The number of carbonyl (C=O) groups is 2. The molecule has 2 aliphatic rings. The number of fused-ring (bicyclic) bond motifs is 5. The van der Waals surface area contributed by atoms with Crippen molar-refractivity contribution in [3.8, 4) is 16.9 Å². The van der Waals surface area contributed by atoms with Crippen molar-refractivity contribution in [3.05, 3.63) is 82.8 Å². The van der Waals surface area contributed by atoms with Crippen LogP contribution in [0.5, 0.6) is 0 Å². The zero-order valence-electron chi connectivity index (χ0n) is 27.1. The van der Waals surface area contributed by atoms with Crippen LogP contribution < -0.4 is 20.8 Å². The third-order valence-corrected chi connectivity index (χ3v) is 9.05. The number of para-hydroxylation sites is 1. The van der Waals surface area contributed by atoms with Crippen LogP contribution in [0.3, 0.4) is 0 Å². The molecule has 2 aromatic carbocycles. The fourth-order valence-electron chi connectivity index (χ4n) is 6.60. The normalized spacial score (nSPS) is 18.3. The van der Waals surface area contributed by atoms with Gasteiger partial charge < -0.3 is 20.0 Å². The zero-order chi connectivity index (χ0) is 33.7. The smallest absolute Gasteiger partial charge is 0.355 e. The third-order valence-electron chi connectivity index (χ3n) is 9.05. The second-order valence-corrected chi connectivity index (χ2v) is 12.5. The predicted molar refractivity (Wildman–Crippen MR) is 179 cm³/mol. The summed E-state index contributed by atoms with van der Waals surface area (Å²) in [4.78, 5) is 54.4. The lowest BCUT2D eigenvalue weighted by atomic mass is 9.99. The minimum Gasteiger partial charge on any atom is -0.383 e. The average molecular weight is 642 g/mol. The van der Waals surface area contributed by atoms with Gasteiger partial charge in [-0.2, -0.15) is 4.98 Å². The van der Waals surface area contributed by atoms with Gasteiger partial charge in [0.2, 0.25) is 11.8 Å². The number of amides is 2. The van der Waals surface area contributed by atoms with E-state index in [9.17, 15) is 14.4 Å². The summed E-state index contributed by atoms with van der Waals surface area (Å²) in [7, 11) is 1.52. The van der Waals surface area contributed by atoms with Crippen molar-refractivity contribution in [3.63, 3.8) is 0 Å². The van der Waals surface area contributed by atoms with E-state index in [2.05, 4.69) is 16.9 Å². The molecule has 10 nitrogen and oxygen atoms in total. The number of hydrogen-bond donors (Lipinski definition) is 1. The van der Waals surface area contributed by atoms with Crippen LogP contribution in [-0.4, -0.2) is 70.0 Å². The van der Waals surface area contributed by atoms with Crippen LogP contribution in [0.25, 0.3) is 28.0 Å². The Morgan fingerprint density at radius 1 is 1.04 bits per heavy atom. The lowest BCUT2D eigenvalue weighted by Gasteiger charge is -2.44. The van der Waals surface area contributed by atoms with Crippen LogP contribution in [0.4, 0.5) is 26.0 Å². The van der Waals surface area contributed by atoms with E-state index >= 15 is 8.78 Å². The average Bonchev–Trinajstić information content (AvgIpc) is 3.04. The van der Waals surface area contributed by atoms with Gasteiger partial charge in [0.05, 0.1) is 28.0 Å². The Morgan fingerprint density at radius 2 is 1.79 bits per heavy atom. The number of anilines is 3. The van der Waals surface area contributed by atoms with Crippen molar-refractivity contribution >= 4 is 40.0 Å². The van der Waals surface area contributed by atoms with Crippen LogP contribution in [0.2, 0.25) is 0 Å². The highest BCUT2D eigenvalue weighted by Crippen LogP contribution is 2.39. The SMILES string of the molecule is C=CC(=O)N1C[C@H](C)N(c2nc(=O)n3c4nc(c(F)cc24)-c2c(F)cccc2N(C)C(=O)CCNc2cccc(C(C)C)c2-3)C[C@H]1C. The zero-order valence-corrected chi connectivity index (χ0v) is 27.1. The summed E-state index contributed by atoms with van der Waals surface area (Å²) < 4.78 is 33.5. The molecule has 4 heterocycles. The Kier molecular flexibility index (Phi) is 8.29. The number of hydrogen-bond acceptors (Lipinski definition) is 7. The summed E-state index contributed by atoms with van der Waals surface area (Å²) in [6, 6.07) is 10.4. The number of nitrogens with one attached hydrogen (secondary N) is 1. The molecule has 1 fully saturated rings. The molecule has 12 heteroatoms. The number of carbonyl (C=O) groups excluding carboxylic acids is 2. The van der Waals surface area contributed by atoms with E-state index in [1.54, 1.807) is 17.0 Å². The quantitative estimate of drug-likeness (QED) is 0.305. The van der Waals surface area contributed by atoms with Crippen molar-refractivity contribution in [2.75, 3.05) is 41.8 Å². The first-order valence-electron chi connectivity index (χ1n) is 15.7. The summed E-state index contributed by atoms with van der Waals surface area (Å²) in [6.07, 6.45) is 1.31. The standard InChI is InChI=1S/C35H37F2N7O3/c1-7-28(45)42-17-21(5)43(18-20(42)4)33-23-16-25(37)31-30-24(36)11-9-13-27(30)41(6)29(46)14-15-38-26-12-8-10-22(19(2)3)32(26)44(34(23)39-31)35(47)40-33/h7-13,16,19-21,38H,1,14-15,17-18H2,2-6H3/t20-,21+/m1/s1. The Balaban J connectivity index is 1.71. The topological polar surface area (TPSA) is 104 Å². The Bertz CT molecular complexity index is 1990. The minimum atomic E-state index is -0.843. The number of piperazine rings is 1. The molecule has 2 atom stereocenters. The maximum Gasteiger partial charge on any atom is 0.355 e. The van der Waals surface area contributed by atoms with E-state index in [1.807, 2.05) is 44.7 Å². The first-order chi connectivity index (χ1) is 22.4. The van der Waals surface area contributed by atoms with Crippen molar-refractivity contribution in [1.82, 2.24) is 19.4 Å². The molecule has 1 saturated heterocycles. The van der Waals surface area contributed by atoms with Crippen LogP contribution in [0.1, 0.15) is 45.6 Å². The summed E-state index contributed by atoms with van der Waals surface area (Å²) >= 11 is 0. The van der Waals surface area contributed by atoms with Gasteiger partial charge in [-0.15, -0.1) is 0 Å². The number of halogens is 2. The van der Waals surface area contributed by atoms with Crippen LogP contribution in [0.15, 0.2) is 59.9 Å². The summed E-state index contributed by atoms with van der Waals surface area (Å²) in [5, 5.41) is 3.56. The molecule has 0 unspecified atom stereocenters. The van der Waals surface area contributed by atoms with Gasteiger partial charge in [0.25, 0.3) is 0 Å². The molecular formula is C35H37F2N7O3. The monoisotopic (exact) mass is 641 g/mol. The molecule has 1 N–H and O–H groups in total. The van der Waals surface area contributed by atoms with Crippen molar-refractivity contribution in [2.45, 2.75) is 52.1 Å². The predicted octanol–water partition coefficient (Wildman–Crippen LogP) is 5.24. The number of pyridine rings is 1. The van der Waals surface area contributed by atoms with Crippen LogP contribution in [-0.2, 0) is 9.59 Å². The Hall–Kier alpha value is -5.13. The minimum absolute atomic E-state index is 0.0448. The highest BCUT2D eigenvalue weighted by Gasteiger charge is 2.34. The molecule has 47 heavy (non-hydrogen) atoms. The molecule has 2 aliphatic heterocycles. The molecule has 0 spiro atoms. The van der Waals surface area contributed by atoms with Gasteiger partial charge in [-0.05, 0) is 55.7 Å². The number of rotatable bonds is 3. The molecule has 2 aromatic heterocycles. The fraction of sp³-hybridized carbons (Fsp3) is 0.343. The third kappa shape index (κ3) is 5.41. The van der Waals surface area contributed by atoms with Gasteiger partial charge >= 0.3 is 5.69 Å². The highest BCUT2D eigenvalue weighted by molar-refractivity contribution is 5.99. The van der Waals surface area contributed by atoms with Crippen molar-refractivity contribution in [2.24, 2.45) is 0 Å². The molecule has 0 aliphatic carbocycles. The van der Waals surface area contributed by atoms with E-state index in [0.29, 0.717) is 24.5 Å². The molecule has 0 radical (unpaired) electrons. The largest absolute Gasteiger partial charge is 0.383 e. The van der Waals surface area contributed by atoms with Gasteiger partial charge in [0, 0.05) is 45.2 Å².